The van der Waals surface area contributed by atoms with E-state index in [1.807, 2.05) is 24.0 Å². The Hall–Kier alpha value is -2.44. The van der Waals surface area contributed by atoms with Crippen LogP contribution in [0.15, 0.2) is 12.1 Å². The molecule has 1 aromatic rings. The number of rotatable bonds is 8. The van der Waals surface area contributed by atoms with Crippen LogP contribution in [0.25, 0.3) is 0 Å². The van der Waals surface area contributed by atoms with Crippen molar-refractivity contribution in [2.45, 2.75) is 44.9 Å². The largest absolute Gasteiger partial charge is 0.493 e. The first-order valence-corrected chi connectivity index (χ1v) is 10.9. The third-order valence-electron chi connectivity index (χ3n) is 6.34. The van der Waals surface area contributed by atoms with Gasteiger partial charge in [-0.2, -0.15) is 0 Å². The van der Waals surface area contributed by atoms with Gasteiger partial charge in [0, 0.05) is 31.5 Å². The fraction of sp³-hybridized carbons (Fsp3) is 0.652. The standard InChI is InChI=1S/C23H34N2O5/c1-5-10-24-22(26)18-14-25(23(27)15-8-6-7-9-15)13-17(18)16-11-19(28-2)21(30-4)20(12-16)29-3/h11-12,15,17-18H,5-10,13-14H2,1-4H3,(H,24,26). The average Bonchev–Trinajstić information content (AvgIpc) is 3.46. The summed E-state index contributed by atoms with van der Waals surface area (Å²) in [6.45, 7) is 3.64. The Bertz CT molecular complexity index is 735. The van der Waals surface area contributed by atoms with Gasteiger partial charge in [0.25, 0.3) is 0 Å². The Balaban J connectivity index is 1.92. The van der Waals surface area contributed by atoms with Crippen molar-refractivity contribution in [1.82, 2.24) is 10.2 Å². The summed E-state index contributed by atoms with van der Waals surface area (Å²) < 4.78 is 16.5. The number of benzene rings is 1. The molecule has 1 saturated heterocycles. The number of likely N-dealkylation sites (tertiary alicyclic amines) is 1. The van der Waals surface area contributed by atoms with Gasteiger partial charge in [0.2, 0.25) is 17.6 Å². The first kappa shape index (κ1) is 22.2. The van der Waals surface area contributed by atoms with Gasteiger partial charge in [-0.05, 0) is 37.0 Å². The monoisotopic (exact) mass is 418 g/mol. The summed E-state index contributed by atoms with van der Waals surface area (Å²) in [5, 5.41) is 3.02. The number of amides is 2. The minimum Gasteiger partial charge on any atom is -0.493 e. The fourth-order valence-electron chi connectivity index (χ4n) is 4.71. The number of carbonyl (C=O) groups is 2. The summed E-state index contributed by atoms with van der Waals surface area (Å²) in [6, 6.07) is 3.80. The minimum atomic E-state index is -0.301. The van der Waals surface area contributed by atoms with Gasteiger partial charge < -0.3 is 24.4 Å². The zero-order valence-corrected chi connectivity index (χ0v) is 18.5. The minimum absolute atomic E-state index is 0.00248. The summed E-state index contributed by atoms with van der Waals surface area (Å²) in [6.07, 6.45) is 5.01. The molecule has 2 unspecified atom stereocenters. The van der Waals surface area contributed by atoms with Crippen molar-refractivity contribution in [2.75, 3.05) is 41.0 Å². The van der Waals surface area contributed by atoms with Crippen molar-refractivity contribution in [1.29, 1.82) is 0 Å². The van der Waals surface area contributed by atoms with Gasteiger partial charge >= 0.3 is 0 Å². The van der Waals surface area contributed by atoms with Crippen LogP contribution in [-0.2, 0) is 9.59 Å². The summed E-state index contributed by atoms with van der Waals surface area (Å²) in [5.41, 5.74) is 0.919. The molecule has 30 heavy (non-hydrogen) atoms. The lowest BCUT2D eigenvalue weighted by Crippen LogP contribution is -2.37. The van der Waals surface area contributed by atoms with Crippen LogP contribution in [0.5, 0.6) is 17.2 Å². The highest BCUT2D eigenvalue weighted by molar-refractivity contribution is 5.84. The predicted molar refractivity (Wildman–Crippen MR) is 114 cm³/mol. The second-order valence-electron chi connectivity index (χ2n) is 8.19. The zero-order chi connectivity index (χ0) is 21.7. The van der Waals surface area contributed by atoms with E-state index in [4.69, 9.17) is 14.2 Å². The molecule has 7 nitrogen and oxygen atoms in total. The Morgan fingerprint density at radius 2 is 1.67 bits per heavy atom. The third-order valence-corrected chi connectivity index (χ3v) is 6.34. The molecule has 0 radical (unpaired) electrons. The highest BCUT2D eigenvalue weighted by atomic mass is 16.5. The molecule has 0 aromatic heterocycles. The summed E-state index contributed by atoms with van der Waals surface area (Å²) >= 11 is 0. The maximum atomic E-state index is 13.1. The highest BCUT2D eigenvalue weighted by Gasteiger charge is 2.42. The van der Waals surface area contributed by atoms with Crippen molar-refractivity contribution >= 4 is 11.8 Å². The predicted octanol–water partition coefficient (Wildman–Crippen LogP) is 2.97. The van der Waals surface area contributed by atoms with E-state index in [2.05, 4.69) is 5.32 Å². The molecule has 1 aliphatic carbocycles. The van der Waals surface area contributed by atoms with E-state index < -0.39 is 0 Å². The van der Waals surface area contributed by atoms with E-state index in [1.54, 1.807) is 21.3 Å². The topological polar surface area (TPSA) is 77.1 Å². The van der Waals surface area contributed by atoms with Gasteiger partial charge in [0.1, 0.15) is 0 Å². The maximum absolute atomic E-state index is 13.1. The van der Waals surface area contributed by atoms with Crippen LogP contribution < -0.4 is 19.5 Å². The van der Waals surface area contributed by atoms with Crippen molar-refractivity contribution in [2.24, 2.45) is 11.8 Å². The first-order valence-electron chi connectivity index (χ1n) is 10.9. The smallest absolute Gasteiger partial charge is 0.225 e. The molecular weight excluding hydrogens is 384 g/mol. The number of nitrogens with zero attached hydrogens (tertiary/aromatic N) is 1. The van der Waals surface area contributed by atoms with Crippen LogP contribution in [-0.4, -0.2) is 57.7 Å². The van der Waals surface area contributed by atoms with E-state index in [9.17, 15) is 9.59 Å². The first-order chi connectivity index (χ1) is 14.5. The second kappa shape index (κ2) is 10.0. The molecule has 0 bridgehead atoms. The highest BCUT2D eigenvalue weighted by Crippen LogP contribution is 2.43. The molecule has 166 valence electrons. The van der Waals surface area contributed by atoms with Gasteiger partial charge in [-0.25, -0.2) is 0 Å². The van der Waals surface area contributed by atoms with Crippen LogP contribution in [0.4, 0.5) is 0 Å². The Morgan fingerprint density at radius 1 is 1.03 bits per heavy atom. The summed E-state index contributed by atoms with van der Waals surface area (Å²) in [5.74, 6) is 1.50. The summed E-state index contributed by atoms with van der Waals surface area (Å²) in [7, 11) is 4.73. The normalized spacial score (nSPS) is 21.5. The number of nitrogens with one attached hydrogen (secondary N) is 1. The number of hydrogen-bond donors (Lipinski definition) is 1. The molecule has 2 aliphatic rings. The van der Waals surface area contributed by atoms with Crippen molar-refractivity contribution in [3.8, 4) is 17.2 Å². The van der Waals surface area contributed by atoms with Gasteiger partial charge in [-0.3, -0.25) is 9.59 Å². The van der Waals surface area contributed by atoms with Crippen molar-refractivity contribution in [3.63, 3.8) is 0 Å². The SMILES string of the molecule is CCCNC(=O)C1CN(C(=O)C2CCCC2)CC1c1cc(OC)c(OC)c(OC)c1. The molecular formula is C23H34N2O5. The molecule has 3 rings (SSSR count). The molecule has 1 heterocycles. The quantitative estimate of drug-likeness (QED) is 0.702. The van der Waals surface area contributed by atoms with E-state index in [1.165, 1.54) is 0 Å². The van der Waals surface area contributed by atoms with Crippen LogP contribution >= 0.6 is 0 Å². The van der Waals surface area contributed by atoms with Crippen LogP contribution in [0.3, 0.4) is 0 Å². The van der Waals surface area contributed by atoms with Gasteiger partial charge in [-0.15, -0.1) is 0 Å². The van der Waals surface area contributed by atoms with Crippen molar-refractivity contribution < 1.29 is 23.8 Å². The third kappa shape index (κ3) is 4.50. The number of carbonyl (C=O) groups excluding carboxylic acids is 2. The van der Waals surface area contributed by atoms with E-state index in [0.29, 0.717) is 36.9 Å². The molecule has 7 heteroatoms. The lowest BCUT2D eigenvalue weighted by molar-refractivity contribution is -0.134. The van der Waals surface area contributed by atoms with E-state index >= 15 is 0 Å². The average molecular weight is 419 g/mol. The van der Waals surface area contributed by atoms with E-state index in [0.717, 1.165) is 37.7 Å². The zero-order valence-electron chi connectivity index (χ0n) is 18.5. The molecule has 1 saturated carbocycles. The number of ether oxygens (including phenoxy) is 3. The van der Waals surface area contributed by atoms with Crippen LogP contribution in [0.2, 0.25) is 0 Å². The molecule has 2 fully saturated rings. The van der Waals surface area contributed by atoms with Crippen LogP contribution in [0, 0.1) is 11.8 Å². The lowest BCUT2D eigenvalue weighted by atomic mass is 9.88. The molecule has 2 amide bonds. The number of methoxy groups -OCH3 is 3. The fourth-order valence-corrected chi connectivity index (χ4v) is 4.71. The Kier molecular flexibility index (Phi) is 7.45. The lowest BCUT2D eigenvalue weighted by Gasteiger charge is -2.21. The van der Waals surface area contributed by atoms with Gasteiger partial charge in [0.05, 0.1) is 27.2 Å². The molecule has 1 N–H and O–H groups in total. The number of hydrogen-bond acceptors (Lipinski definition) is 5. The van der Waals surface area contributed by atoms with Crippen LogP contribution in [0.1, 0.15) is 50.5 Å². The van der Waals surface area contributed by atoms with Gasteiger partial charge in [0.15, 0.2) is 11.5 Å². The molecule has 1 aliphatic heterocycles. The van der Waals surface area contributed by atoms with Crippen molar-refractivity contribution in [3.05, 3.63) is 17.7 Å². The Morgan fingerprint density at radius 3 is 2.20 bits per heavy atom. The van der Waals surface area contributed by atoms with E-state index in [-0.39, 0.29) is 29.6 Å². The Labute approximate surface area is 179 Å². The second-order valence-corrected chi connectivity index (χ2v) is 8.19. The molecule has 2 atom stereocenters. The molecule has 0 spiro atoms. The van der Waals surface area contributed by atoms with Gasteiger partial charge in [-0.1, -0.05) is 19.8 Å². The molecule has 1 aromatic carbocycles. The maximum Gasteiger partial charge on any atom is 0.225 e. The summed E-state index contributed by atoms with van der Waals surface area (Å²) in [4.78, 5) is 27.9.